The Bertz CT molecular complexity index is 550. The first kappa shape index (κ1) is 13.6. The van der Waals surface area contributed by atoms with Crippen LogP contribution in [0.5, 0.6) is 0 Å². The molecule has 0 saturated heterocycles. The van der Waals surface area contributed by atoms with E-state index in [0.29, 0.717) is 9.21 Å². The van der Waals surface area contributed by atoms with E-state index in [4.69, 9.17) is 11.6 Å². The van der Waals surface area contributed by atoms with Crippen LogP contribution in [-0.4, -0.2) is 11.0 Å². The van der Waals surface area contributed by atoms with E-state index in [-0.39, 0.29) is 16.9 Å². The average molecular weight is 301 g/mol. The van der Waals surface area contributed by atoms with Crippen molar-refractivity contribution < 1.29 is 9.18 Å². The number of Topliss-reactive ketones (excluding diaryl/α,β-unsaturated/α-hetero) is 1. The van der Waals surface area contributed by atoms with Gasteiger partial charge in [0.25, 0.3) is 0 Å². The van der Waals surface area contributed by atoms with Crippen LogP contribution in [0.1, 0.15) is 16.6 Å². The summed E-state index contributed by atoms with van der Waals surface area (Å²) in [5, 5.41) is -0.217. The lowest BCUT2D eigenvalue weighted by atomic mass is 10.2. The lowest BCUT2D eigenvalue weighted by Crippen LogP contribution is -2.11. The Balaban J connectivity index is 2.05. The molecule has 0 spiro atoms. The zero-order chi connectivity index (χ0) is 13.1. The van der Waals surface area contributed by atoms with Crippen molar-refractivity contribution in [2.24, 2.45) is 0 Å². The molecule has 1 unspecified atom stereocenters. The quantitative estimate of drug-likeness (QED) is 0.590. The summed E-state index contributed by atoms with van der Waals surface area (Å²) >= 11 is 8.50. The third-order valence-electron chi connectivity index (χ3n) is 2.31. The number of hydrogen-bond acceptors (Lipinski definition) is 3. The summed E-state index contributed by atoms with van der Waals surface area (Å²) in [7, 11) is 0. The Labute approximate surface area is 118 Å². The smallest absolute Gasteiger partial charge is 0.185 e. The van der Waals surface area contributed by atoms with Gasteiger partial charge in [0.2, 0.25) is 0 Å². The second-order valence-corrected chi connectivity index (χ2v) is 6.81. The molecule has 0 bridgehead atoms. The molecule has 0 amide bonds. The lowest BCUT2D eigenvalue weighted by Gasteiger charge is -2.08. The minimum atomic E-state index is -0.275. The van der Waals surface area contributed by atoms with Crippen molar-refractivity contribution >= 4 is 40.5 Å². The van der Waals surface area contributed by atoms with Crippen molar-refractivity contribution in [2.45, 2.75) is 17.1 Å². The maximum Gasteiger partial charge on any atom is 0.185 e. The number of thioether (sulfide) groups is 1. The van der Waals surface area contributed by atoms with Crippen molar-refractivity contribution in [1.82, 2.24) is 0 Å². The van der Waals surface area contributed by atoms with Gasteiger partial charge < -0.3 is 0 Å². The van der Waals surface area contributed by atoms with Crippen LogP contribution in [0.15, 0.2) is 41.3 Å². The van der Waals surface area contributed by atoms with Crippen molar-refractivity contribution in [3.63, 3.8) is 0 Å². The highest BCUT2D eigenvalue weighted by Gasteiger charge is 2.18. The number of thiophene rings is 1. The molecule has 18 heavy (non-hydrogen) atoms. The van der Waals surface area contributed by atoms with E-state index in [1.165, 1.54) is 35.2 Å². The molecule has 0 fully saturated rings. The first-order valence-electron chi connectivity index (χ1n) is 5.28. The van der Waals surface area contributed by atoms with Gasteiger partial charge in [-0.15, -0.1) is 23.1 Å². The van der Waals surface area contributed by atoms with Crippen LogP contribution in [0.3, 0.4) is 0 Å². The summed E-state index contributed by atoms with van der Waals surface area (Å²) in [5.74, 6) is -0.232. The molecule has 0 aliphatic carbocycles. The molecule has 2 aromatic rings. The van der Waals surface area contributed by atoms with Crippen LogP contribution >= 0.6 is 34.7 Å². The molecular formula is C13H10ClFOS2. The molecule has 1 aromatic carbocycles. The van der Waals surface area contributed by atoms with Gasteiger partial charge in [0, 0.05) is 4.90 Å². The number of rotatable bonds is 4. The van der Waals surface area contributed by atoms with Gasteiger partial charge >= 0.3 is 0 Å². The standard InChI is InChI=1S/C13H10ClFOS2/c1-8(13(16)11-6-7-12(14)18-11)17-10-4-2-9(15)3-5-10/h2-8H,1H3. The number of ketones is 1. The number of carbonyl (C=O) groups excluding carboxylic acids is 1. The fourth-order valence-corrected chi connectivity index (χ4v) is 3.50. The van der Waals surface area contributed by atoms with Crippen LogP contribution in [0.2, 0.25) is 4.34 Å². The van der Waals surface area contributed by atoms with Gasteiger partial charge in [-0.2, -0.15) is 0 Å². The van der Waals surface area contributed by atoms with E-state index >= 15 is 0 Å². The second-order valence-electron chi connectivity index (χ2n) is 3.68. The third kappa shape index (κ3) is 3.34. The Kier molecular flexibility index (Phi) is 4.43. The zero-order valence-electron chi connectivity index (χ0n) is 9.52. The van der Waals surface area contributed by atoms with Crippen LogP contribution in [0.25, 0.3) is 0 Å². The van der Waals surface area contributed by atoms with E-state index < -0.39 is 0 Å². The normalized spacial score (nSPS) is 12.4. The number of halogens is 2. The van der Waals surface area contributed by atoms with Gasteiger partial charge in [0.15, 0.2) is 5.78 Å². The minimum Gasteiger partial charge on any atom is -0.292 e. The Morgan fingerprint density at radius 1 is 1.28 bits per heavy atom. The number of benzene rings is 1. The van der Waals surface area contributed by atoms with Crippen molar-refractivity contribution in [3.05, 3.63) is 51.4 Å². The molecule has 1 nitrogen and oxygen atoms in total. The van der Waals surface area contributed by atoms with Crippen LogP contribution in [-0.2, 0) is 0 Å². The van der Waals surface area contributed by atoms with E-state index in [9.17, 15) is 9.18 Å². The van der Waals surface area contributed by atoms with Crippen molar-refractivity contribution in [2.75, 3.05) is 0 Å². The van der Waals surface area contributed by atoms with Crippen LogP contribution in [0, 0.1) is 5.82 Å². The van der Waals surface area contributed by atoms with Crippen molar-refractivity contribution in [1.29, 1.82) is 0 Å². The summed E-state index contributed by atoms with van der Waals surface area (Å²) in [6.45, 7) is 1.84. The first-order chi connectivity index (χ1) is 8.56. The summed E-state index contributed by atoms with van der Waals surface area (Å²) in [4.78, 5) is 13.6. The third-order valence-corrected chi connectivity index (χ3v) is 4.67. The monoisotopic (exact) mass is 300 g/mol. The van der Waals surface area contributed by atoms with Crippen LogP contribution in [0.4, 0.5) is 4.39 Å². The predicted octanol–water partition coefficient (Wildman–Crippen LogP) is 4.90. The van der Waals surface area contributed by atoms with E-state index in [0.717, 1.165) is 4.90 Å². The summed E-state index contributed by atoms with van der Waals surface area (Å²) in [5.41, 5.74) is 0. The Morgan fingerprint density at radius 3 is 2.50 bits per heavy atom. The van der Waals surface area contributed by atoms with Gasteiger partial charge in [-0.05, 0) is 43.3 Å². The summed E-state index contributed by atoms with van der Waals surface area (Å²) < 4.78 is 13.4. The minimum absolute atomic E-state index is 0.0428. The SMILES string of the molecule is CC(Sc1ccc(F)cc1)C(=O)c1ccc(Cl)s1. The number of carbonyl (C=O) groups is 1. The molecule has 2 rings (SSSR count). The number of hydrogen-bond donors (Lipinski definition) is 0. The molecule has 94 valence electrons. The van der Waals surface area contributed by atoms with Crippen LogP contribution < -0.4 is 0 Å². The van der Waals surface area contributed by atoms with E-state index in [1.807, 2.05) is 6.92 Å². The Hall–Kier alpha value is -0.840. The van der Waals surface area contributed by atoms with Gasteiger partial charge in [-0.3, -0.25) is 4.79 Å². The molecule has 0 aliphatic rings. The molecule has 1 atom stereocenters. The molecule has 1 aromatic heterocycles. The molecule has 0 aliphatic heterocycles. The van der Waals surface area contributed by atoms with E-state index in [1.54, 1.807) is 24.3 Å². The van der Waals surface area contributed by atoms with Gasteiger partial charge in [-0.25, -0.2) is 4.39 Å². The Morgan fingerprint density at radius 2 is 1.94 bits per heavy atom. The fraction of sp³-hybridized carbons (Fsp3) is 0.154. The van der Waals surface area contributed by atoms with Gasteiger partial charge in [-0.1, -0.05) is 11.6 Å². The first-order valence-corrected chi connectivity index (χ1v) is 7.35. The lowest BCUT2D eigenvalue weighted by molar-refractivity contribution is 0.0998. The van der Waals surface area contributed by atoms with Gasteiger partial charge in [0.1, 0.15) is 5.82 Å². The highest BCUT2D eigenvalue weighted by atomic mass is 35.5. The predicted molar refractivity (Wildman–Crippen MR) is 75.4 cm³/mol. The fourth-order valence-electron chi connectivity index (χ4n) is 1.42. The highest BCUT2D eigenvalue weighted by molar-refractivity contribution is 8.00. The highest BCUT2D eigenvalue weighted by Crippen LogP contribution is 2.29. The molecular weight excluding hydrogens is 291 g/mol. The average Bonchev–Trinajstić information content (AvgIpc) is 2.78. The topological polar surface area (TPSA) is 17.1 Å². The molecule has 1 heterocycles. The van der Waals surface area contributed by atoms with Crippen molar-refractivity contribution in [3.8, 4) is 0 Å². The largest absolute Gasteiger partial charge is 0.292 e. The second kappa shape index (κ2) is 5.87. The summed E-state index contributed by atoms with van der Waals surface area (Å²) in [6.07, 6.45) is 0. The van der Waals surface area contributed by atoms with E-state index in [2.05, 4.69) is 0 Å². The molecule has 0 N–H and O–H groups in total. The molecule has 5 heteroatoms. The maximum absolute atomic E-state index is 12.8. The van der Waals surface area contributed by atoms with Gasteiger partial charge in [0.05, 0.1) is 14.5 Å². The molecule has 0 saturated carbocycles. The molecule has 0 radical (unpaired) electrons. The zero-order valence-corrected chi connectivity index (χ0v) is 11.9. The summed E-state index contributed by atoms with van der Waals surface area (Å²) in [6, 6.07) is 9.57. The maximum atomic E-state index is 12.8.